The maximum Gasteiger partial charge on any atom is 0.211 e. The number of fused-ring (bicyclic) bond motifs is 1. The van der Waals surface area contributed by atoms with Gasteiger partial charge in [0.05, 0.1) is 6.61 Å². The van der Waals surface area contributed by atoms with E-state index in [0.717, 1.165) is 11.3 Å². The first kappa shape index (κ1) is 9.40. The summed E-state index contributed by atoms with van der Waals surface area (Å²) in [4.78, 5) is 0. The highest BCUT2D eigenvalue weighted by atomic mass is 32.1. The van der Waals surface area contributed by atoms with E-state index in [9.17, 15) is 8.78 Å². The molecule has 0 spiro atoms. The number of hydrogen-bond acceptors (Lipinski definition) is 2. The number of ether oxygens (including phenoxy) is 1. The van der Waals surface area contributed by atoms with Crippen molar-refractivity contribution in [2.75, 3.05) is 6.61 Å². The van der Waals surface area contributed by atoms with Crippen molar-refractivity contribution < 1.29 is 13.5 Å². The van der Waals surface area contributed by atoms with Crippen molar-refractivity contribution in [2.45, 2.75) is 6.92 Å². The van der Waals surface area contributed by atoms with Gasteiger partial charge in [-0.2, -0.15) is 0 Å². The second-order valence-corrected chi connectivity index (χ2v) is 3.79. The molecular formula is C10H8F2OS. The van der Waals surface area contributed by atoms with Crippen LogP contribution in [0.5, 0.6) is 5.06 Å². The van der Waals surface area contributed by atoms with Crippen LogP contribution in [-0.4, -0.2) is 6.61 Å². The van der Waals surface area contributed by atoms with Crippen molar-refractivity contribution in [2.24, 2.45) is 0 Å². The lowest BCUT2D eigenvalue weighted by Gasteiger charge is -1.96. The molecule has 0 N–H and O–H groups in total. The Labute approximate surface area is 83.9 Å². The summed E-state index contributed by atoms with van der Waals surface area (Å²) in [6.45, 7) is 2.19. The Bertz CT molecular complexity index is 464. The zero-order valence-electron chi connectivity index (χ0n) is 7.51. The summed E-state index contributed by atoms with van der Waals surface area (Å²) in [5, 5.41) is 0.646. The van der Waals surface area contributed by atoms with Gasteiger partial charge in [0, 0.05) is 10.1 Å². The molecule has 0 atom stereocenters. The van der Waals surface area contributed by atoms with E-state index in [1.54, 1.807) is 6.92 Å². The van der Waals surface area contributed by atoms with E-state index in [4.69, 9.17) is 4.74 Å². The standard InChI is InChI=1S/C10H8F2OS/c1-2-13-10-9(12)7-4-3-6(11)5-8(7)14-10/h3-5H,2H2,1H3. The summed E-state index contributed by atoms with van der Waals surface area (Å²) in [6.07, 6.45) is 0. The van der Waals surface area contributed by atoms with E-state index in [1.165, 1.54) is 18.2 Å². The van der Waals surface area contributed by atoms with Crippen LogP contribution < -0.4 is 4.74 Å². The molecule has 0 unspecified atom stereocenters. The Hall–Kier alpha value is -1.16. The monoisotopic (exact) mass is 214 g/mol. The van der Waals surface area contributed by atoms with E-state index in [-0.39, 0.29) is 10.9 Å². The van der Waals surface area contributed by atoms with Crippen molar-refractivity contribution in [3.63, 3.8) is 0 Å². The first-order chi connectivity index (χ1) is 6.72. The van der Waals surface area contributed by atoms with E-state index in [2.05, 4.69) is 0 Å². The summed E-state index contributed by atoms with van der Waals surface area (Å²) in [6, 6.07) is 3.98. The highest BCUT2D eigenvalue weighted by Crippen LogP contribution is 2.36. The van der Waals surface area contributed by atoms with E-state index >= 15 is 0 Å². The molecule has 0 fully saturated rings. The molecule has 4 heteroatoms. The molecule has 2 rings (SSSR count). The van der Waals surface area contributed by atoms with Gasteiger partial charge < -0.3 is 4.74 Å². The third-order valence-corrected chi connectivity index (χ3v) is 2.88. The molecule has 1 aromatic heterocycles. The molecule has 0 amide bonds. The molecule has 2 aromatic rings. The highest BCUT2D eigenvalue weighted by Gasteiger charge is 2.12. The van der Waals surface area contributed by atoms with Crippen molar-refractivity contribution in [3.05, 3.63) is 29.8 Å². The minimum Gasteiger partial charge on any atom is -0.482 e. The number of hydrogen-bond donors (Lipinski definition) is 0. The fourth-order valence-electron chi connectivity index (χ4n) is 1.24. The molecule has 1 heterocycles. The third-order valence-electron chi connectivity index (χ3n) is 1.84. The zero-order valence-corrected chi connectivity index (χ0v) is 8.33. The lowest BCUT2D eigenvalue weighted by atomic mass is 10.2. The largest absolute Gasteiger partial charge is 0.482 e. The van der Waals surface area contributed by atoms with Gasteiger partial charge in [-0.1, -0.05) is 11.3 Å². The fourth-order valence-corrected chi connectivity index (χ4v) is 2.26. The van der Waals surface area contributed by atoms with Crippen LogP contribution in [0.1, 0.15) is 6.92 Å². The van der Waals surface area contributed by atoms with Gasteiger partial charge in [0.2, 0.25) is 5.06 Å². The topological polar surface area (TPSA) is 9.23 Å². The van der Waals surface area contributed by atoms with Gasteiger partial charge >= 0.3 is 0 Å². The van der Waals surface area contributed by atoms with Gasteiger partial charge in [0.1, 0.15) is 5.82 Å². The Morgan fingerprint density at radius 3 is 2.86 bits per heavy atom. The van der Waals surface area contributed by atoms with Gasteiger partial charge in [-0.3, -0.25) is 0 Å². The summed E-state index contributed by atoms with van der Waals surface area (Å²) < 4.78 is 32.0. The Morgan fingerprint density at radius 2 is 2.14 bits per heavy atom. The van der Waals surface area contributed by atoms with Crippen LogP contribution in [0.2, 0.25) is 0 Å². The Morgan fingerprint density at radius 1 is 1.36 bits per heavy atom. The summed E-state index contributed by atoms with van der Waals surface area (Å²) in [5.74, 6) is -0.756. The van der Waals surface area contributed by atoms with Crippen molar-refractivity contribution >= 4 is 21.4 Å². The van der Waals surface area contributed by atoms with Crippen LogP contribution >= 0.6 is 11.3 Å². The first-order valence-electron chi connectivity index (χ1n) is 4.22. The molecule has 0 radical (unpaired) electrons. The van der Waals surface area contributed by atoms with Gasteiger partial charge in [-0.15, -0.1) is 0 Å². The van der Waals surface area contributed by atoms with Crippen LogP contribution in [0.15, 0.2) is 18.2 Å². The van der Waals surface area contributed by atoms with Crippen LogP contribution in [0.25, 0.3) is 10.1 Å². The van der Waals surface area contributed by atoms with Crippen LogP contribution in [0.4, 0.5) is 8.78 Å². The predicted molar refractivity (Wildman–Crippen MR) is 52.9 cm³/mol. The van der Waals surface area contributed by atoms with Crippen molar-refractivity contribution in [1.82, 2.24) is 0 Å². The van der Waals surface area contributed by atoms with Crippen LogP contribution in [0.3, 0.4) is 0 Å². The zero-order chi connectivity index (χ0) is 10.1. The van der Waals surface area contributed by atoms with E-state index < -0.39 is 5.82 Å². The smallest absolute Gasteiger partial charge is 0.211 e. The average molecular weight is 214 g/mol. The lowest BCUT2D eigenvalue weighted by molar-refractivity contribution is 0.334. The number of halogens is 2. The highest BCUT2D eigenvalue weighted by molar-refractivity contribution is 7.20. The predicted octanol–water partition coefficient (Wildman–Crippen LogP) is 3.58. The molecule has 0 aliphatic heterocycles. The Kier molecular flexibility index (Phi) is 2.37. The van der Waals surface area contributed by atoms with Gasteiger partial charge in [-0.05, 0) is 25.1 Å². The molecule has 14 heavy (non-hydrogen) atoms. The van der Waals surface area contributed by atoms with Crippen LogP contribution in [0, 0.1) is 11.6 Å². The molecule has 0 saturated carbocycles. The second kappa shape index (κ2) is 3.53. The number of benzene rings is 1. The molecule has 1 nitrogen and oxygen atoms in total. The minimum absolute atomic E-state index is 0.230. The molecule has 0 aliphatic carbocycles. The second-order valence-electron chi connectivity index (χ2n) is 2.78. The maximum absolute atomic E-state index is 13.5. The van der Waals surface area contributed by atoms with Crippen molar-refractivity contribution in [1.29, 1.82) is 0 Å². The lowest BCUT2D eigenvalue weighted by Crippen LogP contribution is -1.89. The summed E-state index contributed by atoms with van der Waals surface area (Å²) >= 11 is 1.13. The third kappa shape index (κ3) is 1.46. The molecule has 1 aromatic carbocycles. The SMILES string of the molecule is CCOc1sc2cc(F)ccc2c1F. The maximum atomic E-state index is 13.5. The van der Waals surface area contributed by atoms with Gasteiger partial charge in [0.15, 0.2) is 5.82 Å². The number of rotatable bonds is 2. The number of thiophene rings is 1. The van der Waals surface area contributed by atoms with Gasteiger partial charge in [-0.25, -0.2) is 8.78 Å². The summed E-state index contributed by atoms with van der Waals surface area (Å²) in [7, 11) is 0. The van der Waals surface area contributed by atoms with Crippen LogP contribution in [-0.2, 0) is 0 Å². The van der Waals surface area contributed by atoms with Gasteiger partial charge in [0.25, 0.3) is 0 Å². The normalized spacial score (nSPS) is 10.8. The first-order valence-corrected chi connectivity index (χ1v) is 5.04. The Balaban J connectivity index is 2.61. The fraction of sp³-hybridized carbons (Fsp3) is 0.200. The molecule has 0 aliphatic rings. The average Bonchev–Trinajstić information content (AvgIpc) is 2.44. The molecule has 0 saturated heterocycles. The molecular weight excluding hydrogens is 206 g/mol. The van der Waals surface area contributed by atoms with Crippen molar-refractivity contribution in [3.8, 4) is 5.06 Å². The minimum atomic E-state index is -0.396. The van der Waals surface area contributed by atoms with E-state index in [0.29, 0.717) is 16.7 Å². The quantitative estimate of drug-likeness (QED) is 0.742. The molecule has 0 bridgehead atoms. The summed E-state index contributed by atoms with van der Waals surface area (Å²) in [5.41, 5.74) is 0. The van der Waals surface area contributed by atoms with E-state index in [1.807, 2.05) is 0 Å². The molecule has 74 valence electrons.